The minimum Gasteiger partial charge on any atom is -0.326 e. The van der Waals surface area contributed by atoms with Gasteiger partial charge in [0.05, 0.1) is 6.42 Å². The molecule has 4 aromatic rings. The van der Waals surface area contributed by atoms with Gasteiger partial charge in [0.25, 0.3) is 0 Å². The third-order valence-electron chi connectivity index (χ3n) is 5.43. The predicted octanol–water partition coefficient (Wildman–Crippen LogP) is 6.96. The Morgan fingerprint density at radius 3 is 1.94 bits per heavy atom. The van der Waals surface area contributed by atoms with E-state index < -0.39 is 5.25 Å². The van der Waals surface area contributed by atoms with E-state index in [4.69, 9.17) is 0 Å². The molecule has 2 N–H and O–H groups in total. The van der Waals surface area contributed by atoms with Crippen LogP contribution in [-0.2, 0) is 16.0 Å². The summed E-state index contributed by atoms with van der Waals surface area (Å²) < 4.78 is 0. The van der Waals surface area contributed by atoms with Crippen LogP contribution in [0.5, 0.6) is 0 Å². The number of thioether (sulfide) groups is 1. The van der Waals surface area contributed by atoms with E-state index in [-0.39, 0.29) is 11.8 Å². The monoisotopic (exact) mass is 480 g/mol. The van der Waals surface area contributed by atoms with Gasteiger partial charge in [0.2, 0.25) is 11.8 Å². The number of hydrogen-bond donors (Lipinski definition) is 2. The molecule has 0 radical (unpaired) electrons. The van der Waals surface area contributed by atoms with Gasteiger partial charge in [-0.15, -0.1) is 11.8 Å². The fourth-order valence-electron chi connectivity index (χ4n) is 3.89. The van der Waals surface area contributed by atoms with Crippen molar-refractivity contribution in [3.63, 3.8) is 0 Å². The lowest BCUT2D eigenvalue weighted by molar-refractivity contribution is -0.116. The van der Waals surface area contributed by atoms with Crippen molar-refractivity contribution in [3.05, 3.63) is 125 Å². The number of aryl methyl sites for hydroxylation is 2. The number of rotatable bonds is 8. The van der Waals surface area contributed by atoms with Gasteiger partial charge in [-0.1, -0.05) is 66.7 Å². The molecule has 35 heavy (non-hydrogen) atoms. The molecule has 2 amide bonds. The summed E-state index contributed by atoms with van der Waals surface area (Å²) in [6.07, 6.45) is 0.325. The van der Waals surface area contributed by atoms with Gasteiger partial charge in [0.1, 0.15) is 5.25 Å². The molecule has 0 spiro atoms. The number of amides is 2. The minimum atomic E-state index is -0.421. The van der Waals surface area contributed by atoms with E-state index in [2.05, 4.69) is 16.7 Å². The summed E-state index contributed by atoms with van der Waals surface area (Å²) in [5.41, 5.74) is 5.64. The normalized spacial score (nSPS) is 11.5. The molecule has 176 valence electrons. The molecule has 0 fully saturated rings. The number of carbonyl (C=O) groups excluding carboxylic acids is 2. The van der Waals surface area contributed by atoms with Crippen molar-refractivity contribution in [2.45, 2.75) is 30.4 Å². The lowest BCUT2D eigenvalue weighted by Gasteiger charge is -2.18. The molecule has 0 aromatic heterocycles. The van der Waals surface area contributed by atoms with Gasteiger partial charge in [-0.25, -0.2) is 0 Å². The van der Waals surface area contributed by atoms with E-state index in [0.29, 0.717) is 6.42 Å². The molecule has 4 rings (SSSR count). The van der Waals surface area contributed by atoms with Gasteiger partial charge in [0, 0.05) is 16.3 Å². The minimum absolute atomic E-state index is 0.0633. The van der Waals surface area contributed by atoms with E-state index in [1.165, 1.54) is 11.8 Å². The predicted molar refractivity (Wildman–Crippen MR) is 145 cm³/mol. The molecule has 0 bridgehead atoms. The number of hydrogen-bond acceptors (Lipinski definition) is 3. The zero-order valence-corrected chi connectivity index (χ0v) is 20.6. The smallest absolute Gasteiger partial charge is 0.242 e. The maximum Gasteiger partial charge on any atom is 0.242 e. The van der Waals surface area contributed by atoms with Crippen molar-refractivity contribution in [2.75, 3.05) is 10.6 Å². The van der Waals surface area contributed by atoms with Crippen molar-refractivity contribution in [3.8, 4) is 0 Å². The molecular formula is C30H28N2O2S. The second-order valence-corrected chi connectivity index (χ2v) is 9.69. The van der Waals surface area contributed by atoms with Crippen molar-refractivity contribution in [1.82, 2.24) is 0 Å². The van der Waals surface area contributed by atoms with Crippen molar-refractivity contribution in [2.24, 2.45) is 0 Å². The summed E-state index contributed by atoms with van der Waals surface area (Å²) in [7, 11) is 0. The van der Waals surface area contributed by atoms with Gasteiger partial charge in [-0.2, -0.15) is 0 Å². The van der Waals surface area contributed by atoms with Crippen LogP contribution < -0.4 is 10.6 Å². The first-order chi connectivity index (χ1) is 17.0. The molecule has 1 unspecified atom stereocenters. The summed E-state index contributed by atoms with van der Waals surface area (Å²) in [5.74, 6) is -0.141. The molecule has 0 aliphatic heterocycles. The number of anilines is 2. The first kappa shape index (κ1) is 24.3. The molecule has 5 heteroatoms. The summed E-state index contributed by atoms with van der Waals surface area (Å²) in [6, 6.07) is 33.1. The van der Waals surface area contributed by atoms with Crippen LogP contribution in [0.3, 0.4) is 0 Å². The first-order valence-electron chi connectivity index (χ1n) is 11.5. The standard InChI is InChI=1S/C30H28N2O2S/c1-21-17-22(2)19-26(18-21)32-30(34)29(24-11-7-4-8-12-24)35-27-15-13-25(14-16-27)31-28(33)20-23-9-5-3-6-10-23/h3-19,29H,20H2,1-2H3,(H,31,33)(H,32,34). The number of carbonyl (C=O) groups is 2. The average molecular weight is 481 g/mol. The fourth-order valence-corrected chi connectivity index (χ4v) is 4.92. The second kappa shape index (κ2) is 11.5. The quantitative estimate of drug-likeness (QED) is 0.268. The maximum absolute atomic E-state index is 13.3. The molecule has 0 saturated carbocycles. The van der Waals surface area contributed by atoms with Crippen molar-refractivity contribution >= 4 is 35.0 Å². The molecular weight excluding hydrogens is 452 g/mol. The number of benzene rings is 4. The Morgan fingerprint density at radius 2 is 1.31 bits per heavy atom. The zero-order valence-electron chi connectivity index (χ0n) is 19.8. The largest absolute Gasteiger partial charge is 0.326 e. The average Bonchev–Trinajstić information content (AvgIpc) is 2.84. The molecule has 1 atom stereocenters. The van der Waals surface area contributed by atoms with E-state index >= 15 is 0 Å². The third-order valence-corrected chi connectivity index (χ3v) is 6.70. The van der Waals surface area contributed by atoms with E-state index in [1.807, 2.05) is 111 Å². The maximum atomic E-state index is 13.3. The highest BCUT2D eigenvalue weighted by Crippen LogP contribution is 2.36. The Hall–Kier alpha value is -3.83. The fraction of sp³-hybridized carbons (Fsp3) is 0.133. The topological polar surface area (TPSA) is 58.2 Å². The summed E-state index contributed by atoms with van der Waals surface area (Å²) in [4.78, 5) is 26.6. The summed E-state index contributed by atoms with van der Waals surface area (Å²) >= 11 is 1.48. The van der Waals surface area contributed by atoms with Crippen LogP contribution in [0.25, 0.3) is 0 Å². The molecule has 0 aliphatic rings. The highest BCUT2D eigenvalue weighted by atomic mass is 32.2. The molecule has 4 aromatic carbocycles. The highest BCUT2D eigenvalue weighted by Gasteiger charge is 2.22. The van der Waals surface area contributed by atoms with E-state index in [1.54, 1.807) is 0 Å². The molecule has 4 nitrogen and oxygen atoms in total. The zero-order chi connectivity index (χ0) is 24.6. The van der Waals surface area contributed by atoms with Crippen LogP contribution in [0.2, 0.25) is 0 Å². The lowest BCUT2D eigenvalue weighted by atomic mass is 10.1. The van der Waals surface area contributed by atoms with Crippen LogP contribution in [0, 0.1) is 13.8 Å². The Morgan fingerprint density at radius 1 is 0.714 bits per heavy atom. The number of nitrogens with one attached hydrogen (secondary N) is 2. The van der Waals surface area contributed by atoms with Crippen LogP contribution in [0.15, 0.2) is 108 Å². The van der Waals surface area contributed by atoms with Gasteiger partial charge in [0.15, 0.2) is 0 Å². The SMILES string of the molecule is Cc1cc(C)cc(NC(=O)C(Sc2ccc(NC(=O)Cc3ccccc3)cc2)c2ccccc2)c1. The van der Waals surface area contributed by atoms with Crippen molar-refractivity contribution < 1.29 is 9.59 Å². The van der Waals surface area contributed by atoms with Gasteiger partial charge >= 0.3 is 0 Å². The van der Waals surface area contributed by atoms with Crippen LogP contribution in [0.4, 0.5) is 11.4 Å². The summed E-state index contributed by atoms with van der Waals surface area (Å²) in [6.45, 7) is 4.04. The Balaban J connectivity index is 1.46. The Kier molecular flexibility index (Phi) is 8.01. The van der Waals surface area contributed by atoms with Gasteiger partial charge < -0.3 is 10.6 Å². The molecule has 0 aliphatic carbocycles. The van der Waals surface area contributed by atoms with Crippen LogP contribution >= 0.6 is 11.8 Å². The Labute approximate surface area is 210 Å². The molecule has 0 heterocycles. The first-order valence-corrected chi connectivity index (χ1v) is 12.4. The van der Waals surface area contributed by atoms with E-state index in [0.717, 1.165) is 38.5 Å². The highest BCUT2D eigenvalue weighted by molar-refractivity contribution is 8.00. The second-order valence-electron chi connectivity index (χ2n) is 8.51. The summed E-state index contributed by atoms with van der Waals surface area (Å²) in [5, 5.41) is 5.61. The third kappa shape index (κ3) is 7.08. The van der Waals surface area contributed by atoms with Gasteiger partial charge in [-0.3, -0.25) is 9.59 Å². The Bertz CT molecular complexity index is 1270. The van der Waals surface area contributed by atoms with Gasteiger partial charge in [-0.05, 0) is 72.5 Å². The lowest BCUT2D eigenvalue weighted by Crippen LogP contribution is -2.19. The van der Waals surface area contributed by atoms with Crippen molar-refractivity contribution in [1.29, 1.82) is 0 Å². The van der Waals surface area contributed by atoms with E-state index in [9.17, 15) is 9.59 Å². The van der Waals surface area contributed by atoms with Crippen LogP contribution in [-0.4, -0.2) is 11.8 Å². The van der Waals surface area contributed by atoms with Crippen LogP contribution in [0.1, 0.15) is 27.5 Å². The molecule has 0 saturated heterocycles.